The van der Waals surface area contributed by atoms with Crippen LogP contribution in [0.15, 0.2) is 16.5 Å². The largest absolute Gasteiger partial charge is 0.464 e. The number of hydrogen-bond acceptors (Lipinski definition) is 3. The molecule has 1 amide bonds. The van der Waals surface area contributed by atoms with Crippen LogP contribution in [0.2, 0.25) is 0 Å². The number of nitrogens with zero attached hydrogens (tertiary/aromatic N) is 1. The maximum Gasteiger partial charge on any atom is 0.223 e. The van der Waals surface area contributed by atoms with Gasteiger partial charge in [-0.3, -0.25) is 4.79 Å². The second-order valence-electron chi connectivity index (χ2n) is 5.23. The van der Waals surface area contributed by atoms with Crippen LogP contribution in [0.3, 0.4) is 0 Å². The fourth-order valence-electron chi connectivity index (χ4n) is 2.04. The van der Waals surface area contributed by atoms with Crippen molar-refractivity contribution in [3.05, 3.63) is 23.7 Å². The highest BCUT2D eigenvalue weighted by molar-refractivity contribution is 5.76. The highest BCUT2D eigenvalue weighted by Crippen LogP contribution is 2.14. The van der Waals surface area contributed by atoms with Crippen LogP contribution in [0.1, 0.15) is 51.1 Å². The smallest absolute Gasteiger partial charge is 0.223 e. The van der Waals surface area contributed by atoms with Crippen LogP contribution < -0.4 is 5.73 Å². The number of amides is 1. The summed E-state index contributed by atoms with van der Waals surface area (Å²) in [5, 5.41) is 0. The molecule has 0 aliphatic rings. The lowest BCUT2D eigenvalue weighted by atomic mass is 10.1. The Morgan fingerprint density at radius 2 is 2.05 bits per heavy atom. The minimum Gasteiger partial charge on any atom is -0.464 e. The van der Waals surface area contributed by atoms with Crippen LogP contribution in [-0.4, -0.2) is 23.4 Å². The number of rotatable bonds is 8. The molecule has 0 spiro atoms. The van der Waals surface area contributed by atoms with Gasteiger partial charge in [-0.15, -0.1) is 0 Å². The molecule has 1 rings (SSSR count). The topological polar surface area (TPSA) is 59.5 Å². The minimum absolute atomic E-state index is 0.187. The molecule has 2 N–H and O–H groups in total. The predicted molar refractivity (Wildman–Crippen MR) is 76.7 cm³/mol. The molecule has 0 unspecified atom stereocenters. The van der Waals surface area contributed by atoms with Crippen molar-refractivity contribution in [2.75, 3.05) is 6.54 Å². The molecule has 4 nitrogen and oxygen atoms in total. The highest BCUT2D eigenvalue weighted by Gasteiger charge is 2.18. The average molecular weight is 266 g/mol. The first kappa shape index (κ1) is 15.8. The van der Waals surface area contributed by atoms with E-state index in [1.165, 1.54) is 0 Å². The SMILES string of the molecule is Cc1ccc(CN(C(=O)CCCCCN)C(C)C)o1. The van der Waals surface area contributed by atoms with Gasteiger partial charge in [-0.2, -0.15) is 0 Å². The highest BCUT2D eigenvalue weighted by atomic mass is 16.3. The van der Waals surface area contributed by atoms with Crippen molar-refractivity contribution in [3.63, 3.8) is 0 Å². The average Bonchev–Trinajstić information content (AvgIpc) is 2.77. The molecule has 4 heteroatoms. The summed E-state index contributed by atoms with van der Waals surface area (Å²) in [5.74, 6) is 1.93. The van der Waals surface area contributed by atoms with Crippen molar-refractivity contribution in [2.45, 2.75) is 59.0 Å². The molecule has 1 aromatic heterocycles. The summed E-state index contributed by atoms with van der Waals surface area (Å²) in [6.45, 7) is 7.24. The minimum atomic E-state index is 0.187. The first-order chi connectivity index (χ1) is 9.04. The molecule has 0 radical (unpaired) electrons. The third-order valence-electron chi connectivity index (χ3n) is 3.16. The second kappa shape index (κ2) is 8.00. The van der Waals surface area contributed by atoms with E-state index in [4.69, 9.17) is 10.2 Å². The summed E-state index contributed by atoms with van der Waals surface area (Å²) in [7, 11) is 0. The summed E-state index contributed by atoms with van der Waals surface area (Å²) >= 11 is 0. The first-order valence-corrected chi connectivity index (χ1v) is 7.09. The normalized spacial score (nSPS) is 11.0. The van der Waals surface area contributed by atoms with Crippen LogP contribution >= 0.6 is 0 Å². The molecule has 0 aliphatic carbocycles. The Hall–Kier alpha value is -1.29. The molecular formula is C15H26N2O2. The van der Waals surface area contributed by atoms with Gasteiger partial charge in [-0.25, -0.2) is 0 Å². The van der Waals surface area contributed by atoms with Crippen LogP contribution in [-0.2, 0) is 11.3 Å². The van der Waals surface area contributed by atoms with Gasteiger partial charge in [0.05, 0.1) is 6.54 Å². The fraction of sp³-hybridized carbons (Fsp3) is 0.667. The Morgan fingerprint density at radius 1 is 1.32 bits per heavy atom. The molecule has 1 aromatic rings. The zero-order chi connectivity index (χ0) is 14.3. The van der Waals surface area contributed by atoms with Crippen LogP contribution in [0.5, 0.6) is 0 Å². The summed E-state index contributed by atoms with van der Waals surface area (Å²) in [6, 6.07) is 4.05. The molecule has 0 atom stereocenters. The number of furan rings is 1. The Labute approximate surface area is 116 Å². The van der Waals surface area contributed by atoms with Gasteiger partial charge in [0.1, 0.15) is 11.5 Å². The summed E-state index contributed by atoms with van der Waals surface area (Å²) in [4.78, 5) is 14.1. The number of aryl methyl sites for hydroxylation is 1. The van der Waals surface area contributed by atoms with E-state index in [1.54, 1.807) is 0 Å². The van der Waals surface area contributed by atoms with Crippen molar-refractivity contribution < 1.29 is 9.21 Å². The number of unbranched alkanes of at least 4 members (excludes halogenated alkanes) is 2. The Balaban J connectivity index is 2.49. The van der Waals surface area contributed by atoms with Crippen LogP contribution in [0.25, 0.3) is 0 Å². The van der Waals surface area contributed by atoms with E-state index < -0.39 is 0 Å². The van der Waals surface area contributed by atoms with Crippen molar-refractivity contribution in [2.24, 2.45) is 5.73 Å². The third kappa shape index (κ3) is 5.47. The first-order valence-electron chi connectivity index (χ1n) is 7.09. The lowest BCUT2D eigenvalue weighted by Crippen LogP contribution is -2.36. The molecule has 19 heavy (non-hydrogen) atoms. The van der Waals surface area contributed by atoms with Crippen molar-refractivity contribution in [3.8, 4) is 0 Å². The Bertz CT molecular complexity index is 385. The summed E-state index contributed by atoms with van der Waals surface area (Å²) < 4.78 is 5.55. The van der Waals surface area contributed by atoms with Gasteiger partial charge >= 0.3 is 0 Å². The van der Waals surface area contributed by atoms with E-state index in [1.807, 2.05) is 37.8 Å². The molecule has 0 aromatic carbocycles. The standard InChI is InChI=1S/C15H26N2O2/c1-12(2)17(11-14-9-8-13(3)19-14)15(18)7-5-4-6-10-16/h8-9,12H,4-7,10-11,16H2,1-3H3. The van der Waals surface area contributed by atoms with Gasteiger partial charge in [0.2, 0.25) is 5.91 Å². The number of carbonyl (C=O) groups is 1. The Morgan fingerprint density at radius 3 is 2.58 bits per heavy atom. The van der Waals surface area contributed by atoms with E-state index in [-0.39, 0.29) is 11.9 Å². The monoisotopic (exact) mass is 266 g/mol. The van der Waals surface area contributed by atoms with Crippen LogP contribution in [0.4, 0.5) is 0 Å². The van der Waals surface area contributed by atoms with E-state index in [9.17, 15) is 4.79 Å². The van der Waals surface area contributed by atoms with Gasteiger partial charge in [0.25, 0.3) is 0 Å². The van der Waals surface area contributed by atoms with Gasteiger partial charge in [0, 0.05) is 12.5 Å². The molecule has 108 valence electrons. The van der Waals surface area contributed by atoms with Gasteiger partial charge in [-0.1, -0.05) is 6.42 Å². The van der Waals surface area contributed by atoms with Gasteiger partial charge in [0.15, 0.2) is 0 Å². The lowest BCUT2D eigenvalue weighted by molar-refractivity contribution is -0.134. The predicted octanol–water partition coefficient (Wildman–Crippen LogP) is 2.84. The summed E-state index contributed by atoms with van der Waals surface area (Å²) in [6.07, 6.45) is 3.52. The second-order valence-corrected chi connectivity index (χ2v) is 5.23. The Kier molecular flexibility index (Phi) is 6.64. The molecule has 1 heterocycles. The quantitative estimate of drug-likeness (QED) is 0.736. The van der Waals surface area contributed by atoms with Crippen LogP contribution in [0, 0.1) is 6.92 Å². The van der Waals surface area contributed by atoms with E-state index >= 15 is 0 Å². The molecule has 0 bridgehead atoms. The van der Waals surface area contributed by atoms with E-state index in [0.29, 0.717) is 19.5 Å². The number of nitrogens with two attached hydrogens (primary N) is 1. The van der Waals surface area contributed by atoms with E-state index in [0.717, 1.165) is 30.8 Å². The van der Waals surface area contributed by atoms with Crippen molar-refractivity contribution in [1.29, 1.82) is 0 Å². The molecule has 0 fully saturated rings. The molecule has 0 saturated heterocycles. The molecule has 0 aliphatic heterocycles. The lowest BCUT2D eigenvalue weighted by Gasteiger charge is -2.26. The van der Waals surface area contributed by atoms with Crippen molar-refractivity contribution >= 4 is 5.91 Å². The zero-order valence-corrected chi connectivity index (χ0v) is 12.3. The maximum atomic E-state index is 12.2. The van der Waals surface area contributed by atoms with E-state index in [2.05, 4.69) is 0 Å². The molecular weight excluding hydrogens is 240 g/mol. The third-order valence-corrected chi connectivity index (χ3v) is 3.16. The zero-order valence-electron chi connectivity index (χ0n) is 12.3. The number of hydrogen-bond donors (Lipinski definition) is 1. The fourth-order valence-corrected chi connectivity index (χ4v) is 2.04. The summed E-state index contributed by atoms with van der Waals surface area (Å²) in [5.41, 5.74) is 5.45. The maximum absolute atomic E-state index is 12.2. The van der Waals surface area contributed by atoms with Gasteiger partial charge in [-0.05, 0) is 52.3 Å². The molecule has 0 saturated carbocycles. The van der Waals surface area contributed by atoms with Crippen molar-refractivity contribution in [1.82, 2.24) is 4.90 Å². The number of carbonyl (C=O) groups excluding carboxylic acids is 1. The van der Waals surface area contributed by atoms with Gasteiger partial charge < -0.3 is 15.1 Å².